The van der Waals surface area contributed by atoms with Crippen LogP contribution in [0, 0.1) is 0 Å². The zero-order valence-corrected chi connectivity index (χ0v) is 20.5. The van der Waals surface area contributed by atoms with E-state index in [1.54, 1.807) is 0 Å². The van der Waals surface area contributed by atoms with Crippen LogP contribution in [0.2, 0.25) is 0 Å². The molecule has 4 heterocycles. The highest BCUT2D eigenvalue weighted by molar-refractivity contribution is 6.07. The van der Waals surface area contributed by atoms with Crippen LogP contribution in [0.1, 0.15) is 48.7 Å². The molecule has 1 atom stereocenters. The first kappa shape index (κ1) is 22.7. The van der Waals surface area contributed by atoms with Crippen LogP contribution < -0.4 is 5.32 Å². The molecule has 0 saturated carbocycles. The van der Waals surface area contributed by atoms with Crippen LogP contribution in [0.4, 0.5) is 0 Å². The van der Waals surface area contributed by atoms with Gasteiger partial charge in [-0.1, -0.05) is 24.3 Å². The lowest BCUT2D eigenvalue weighted by Crippen LogP contribution is -2.43. The Morgan fingerprint density at radius 1 is 0.943 bits per heavy atom. The number of H-pyrrole nitrogens is 1. The highest BCUT2D eigenvalue weighted by Gasteiger charge is 2.28. The van der Waals surface area contributed by atoms with Gasteiger partial charge in [0.25, 0.3) is 0 Å². The van der Waals surface area contributed by atoms with Crippen LogP contribution in [-0.4, -0.2) is 64.0 Å². The molecule has 35 heavy (non-hydrogen) atoms. The molecular formula is C29H36N6. The number of aromatic amines is 1. The molecule has 0 radical (unpaired) electrons. The predicted octanol–water partition coefficient (Wildman–Crippen LogP) is 4.68. The van der Waals surface area contributed by atoms with Gasteiger partial charge in [0.2, 0.25) is 0 Å². The van der Waals surface area contributed by atoms with Gasteiger partial charge in [-0.3, -0.25) is 14.9 Å². The minimum absolute atomic E-state index is 0.362. The van der Waals surface area contributed by atoms with Gasteiger partial charge in [-0.25, -0.2) is 0 Å². The summed E-state index contributed by atoms with van der Waals surface area (Å²) in [5.41, 5.74) is 6.21. The smallest absolute Gasteiger partial charge is 0.0784 e. The number of unbranched alkanes of at least 4 members (excludes halogenated alkanes) is 1. The number of pyridine rings is 2. The Kier molecular flexibility index (Phi) is 6.76. The second kappa shape index (κ2) is 10.4. The molecule has 182 valence electrons. The van der Waals surface area contributed by atoms with Crippen molar-refractivity contribution in [2.75, 3.05) is 39.3 Å². The standard InChI is InChI=1S/C29H36N6/c1-2-10-25-23(9-1)24-12-14-31-26(29(24)33-25)21-35(18-4-3-17-34-19-15-30-16-20-34)27-11-5-7-22-8-6-13-32-28(22)27/h1-2,6,8-10,12-14,27,30,33H,3-5,7,11,15-21H2. The number of rotatable bonds is 8. The van der Waals surface area contributed by atoms with Gasteiger partial charge < -0.3 is 15.2 Å². The maximum absolute atomic E-state index is 4.89. The van der Waals surface area contributed by atoms with Crippen molar-refractivity contribution in [2.24, 2.45) is 0 Å². The van der Waals surface area contributed by atoms with Crippen LogP contribution in [-0.2, 0) is 13.0 Å². The minimum atomic E-state index is 0.362. The number of nitrogens with zero attached hydrogens (tertiary/aromatic N) is 4. The maximum Gasteiger partial charge on any atom is 0.0784 e. The molecule has 6 rings (SSSR count). The molecule has 2 aliphatic rings. The third-order valence-corrected chi connectivity index (χ3v) is 7.84. The van der Waals surface area contributed by atoms with Crippen molar-refractivity contribution in [3.63, 3.8) is 0 Å². The summed E-state index contributed by atoms with van der Waals surface area (Å²) in [6.45, 7) is 7.72. The van der Waals surface area contributed by atoms with Gasteiger partial charge in [0.05, 0.1) is 22.9 Å². The fourth-order valence-electron chi connectivity index (χ4n) is 6.01. The molecule has 0 spiro atoms. The number of benzene rings is 1. The van der Waals surface area contributed by atoms with E-state index in [0.717, 1.165) is 38.3 Å². The number of nitrogens with one attached hydrogen (secondary N) is 2. The minimum Gasteiger partial charge on any atom is -0.353 e. The summed E-state index contributed by atoms with van der Waals surface area (Å²) in [6.07, 6.45) is 9.93. The van der Waals surface area contributed by atoms with Gasteiger partial charge in [0.15, 0.2) is 0 Å². The highest BCUT2D eigenvalue weighted by Crippen LogP contribution is 2.35. The van der Waals surface area contributed by atoms with Crippen molar-refractivity contribution in [3.05, 3.63) is 71.8 Å². The predicted molar refractivity (Wildman–Crippen MR) is 142 cm³/mol. The quantitative estimate of drug-likeness (QED) is 0.368. The van der Waals surface area contributed by atoms with E-state index in [2.05, 4.69) is 62.6 Å². The fourth-order valence-corrected chi connectivity index (χ4v) is 6.01. The molecule has 0 amide bonds. The largest absolute Gasteiger partial charge is 0.353 e. The molecular weight excluding hydrogens is 432 g/mol. The van der Waals surface area contributed by atoms with Gasteiger partial charge in [0, 0.05) is 61.4 Å². The van der Waals surface area contributed by atoms with Crippen molar-refractivity contribution in [3.8, 4) is 0 Å². The summed E-state index contributed by atoms with van der Waals surface area (Å²) in [6, 6.07) is 15.4. The van der Waals surface area contributed by atoms with Crippen molar-refractivity contribution in [2.45, 2.75) is 44.7 Å². The summed E-state index contributed by atoms with van der Waals surface area (Å²) in [5, 5.41) is 6.01. The summed E-state index contributed by atoms with van der Waals surface area (Å²) >= 11 is 0. The van der Waals surface area contributed by atoms with E-state index in [1.807, 2.05) is 12.4 Å². The van der Waals surface area contributed by atoms with E-state index < -0.39 is 0 Å². The van der Waals surface area contributed by atoms with Crippen LogP contribution in [0.15, 0.2) is 54.9 Å². The van der Waals surface area contributed by atoms with E-state index in [4.69, 9.17) is 9.97 Å². The molecule has 6 nitrogen and oxygen atoms in total. The van der Waals surface area contributed by atoms with Crippen LogP contribution in [0.25, 0.3) is 21.8 Å². The Balaban J connectivity index is 1.26. The maximum atomic E-state index is 4.89. The average Bonchev–Trinajstić information content (AvgIpc) is 3.30. The Morgan fingerprint density at radius 2 is 1.86 bits per heavy atom. The Labute approximate surface area is 207 Å². The second-order valence-corrected chi connectivity index (χ2v) is 10.1. The molecule has 1 aliphatic heterocycles. The van der Waals surface area contributed by atoms with Gasteiger partial charge in [-0.2, -0.15) is 0 Å². The Bertz CT molecular complexity index is 1270. The number of hydrogen-bond acceptors (Lipinski definition) is 5. The molecule has 2 N–H and O–H groups in total. The van der Waals surface area contributed by atoms with Gasteiger partial charge in [0.1, 0.15) is 0 Å². The van der Waals surface area contributed by atoms with Crippen LogP contribution >= 0.6 is 0 Å². The molecule has 1 aromatic carbocycles. The molecule has 1 unspecified atom stereocenters. The zero-order chi connectivity index (χ0) is 23.5. The van der Waals surface area contributed by atoms with Crippen LogP contribution in [0.3, 0.4) is 0 Å². The summed E-state index contributed by atoms with van der Waals surface area (Å²) in [7, 11) is 0. The fraction of sp³-hybridized carbons (Fsp3) is 0.448. The van der Waals surface area contributed by atoms with E-state index >= 15 is 0 Å². The van der Waals surface area contributed by atoms with E-state index in [9.17, 15) is 0 Å². The number of para-hydroxylation sites is 1. The third kappa shape index (κ3) is 4.83. The van der Waals surface area contributed by atoms with Crippen molar-refractivity contribution in [1.82, 2.24) is 30.1 Å². The van der Waals surface area contributed by atoms with E-state index in [1.165, 1.54) is 78.4 Å². The molecule has 1 aliphatic carbocycles. The van der Waals surface area contributed by atoms with Crippen LogP contribution in [0.5, 0.6) is 0 Å². The van der Waals surface area contributed by atoms with Gasteiger partial charge in [-0.05, 0) is 69.0 Å². The topological polar surface area (TPSA) is 60.1 Å². The lowest BCUT2D eigenvalue weighted by molar-refractivity contribution is 0.156. The zero-order valence-electron chi connectivity index (χ0n) is 20.5. The van der Waals surface area contributed by atoms with Crippen molar-refractivity contribution >= 4 is 21.8 Å². The first-order valence-corrected chi connectivity index (χ1v) is 13.3. The Hall–Kier alpha value is -2.80. The van der Waals surface area contributed by atoms with Crippen molar-refractivity contribution < 1.29 is 0 Å². The van der Waals surface area contributed by atoms with Gasteiger partial charge >= 0.3 is 0 Å². The molecule has 4 aromatic rings. The first-order valence-electron chi connectivity index (χ1n) is 13.3. The lowest BCUT2D eigenvalue weighted by Gasteiger charge is -2.35. The summed E-state index contributed by atoms with van der Waals surface area (Å²) in [5.74, 6) is 0. The van der Waals surface area contributed by atoms with E-state index in [-0.39, 0.29) is 0 Å². The van der Waals surface area contributed by atoms with Gasteiger partial charge in [-0.15, -0.1) is 0 Å². The monoisotopic (exact) mass is 468 g/mol. The molecule has 1 saturated heterocycles. The lowest BCUT2D eigenvalue weighted by atomic mass is 9.90. The number of aryl methyl sites for hydroxylation is 1. The number of aromatic nitrogens is 3. The summed E-state index contributed by atoms with van der Waals surface area (Å²) < 4.78 is 0. The first-order chi connectivity index (χ1) is 17.4. The van der Waals surface area contributed by atoms with E-state index in [0.29, 0.717) is 6.04 Å². The number of fused-ring (bicyclic) bond motifs is 4. The highest BCUT2D eigenvalue weighted by atomic mass is 15.2. The second-order valence-electron chi connectivity index (χ2n) is 10.1. The summed E-state index contributed by atoms with van der Waals surface area (Å²) in [4.78, 5) is 18.7. The third-order valence-electron chi connectivity index (χ3n) is 7.84. The number of piperazine rings is 1. The Morgan fingerprint density at radius 3 is 2.80 bits per heavy atom. The molecule has 3 aromatic heterocycles. The molecule has 6 heteroatoms. The SMILES string of the molecule is c1cnc2c(c1)CCCC2N(CCCCN1CCNCC1)Cc1nccc2c1[nH]c1ccccc12. The van der Waals surface area contributed by atoms with Crippen molar-refractivity contribution in [1.29, 1.82) is 0 Å². The molecule has 0 bridgehead atoms. The molecule has 1 fully saturated rings. The normalized spacial score (nSPS) is 18.9. The average molecular weight is 469 g/mol. The number of hydrogen-bond donors (Lipinski definition) is 2.